The van der Waals surface area contributed by atoms with E-state index in [0.29, 0.717) is 6.04 Å². The fourth-order valence-electron chi connectivity index (χ4n) is 0.985. The lowest BCUT2D eigenvalue weighted by molar-refractivity contribution is 0.0182. The van der Waals surface area contributed by atoms with E-state index in [1.807, 2.05) is 0 Å². The van der Waals surface area contributed by atoms with Gasteiger partial charge in [0.2, 0.25) is 0 Å². The van der Waals surface area contributed by atoms with E-state index in [9.17, 15) is 0 Å². The zero-order valence-electron chi connectivity index (χ0n) is 9.52. The van der Waals surface area contributed by atoms with Crippen LogP contribution in [0.4, 0.5) is 0 Å². The Balaban J connectivity index is 3.70. The molecule has 0 spiro atoms. The highest BCUT2D eigenvalue weighted by molar-refractivity contribution is 4.74. The Labute approximate surface area is 81.8 Å². The van der Waals surface area contributed by atoms with Gasteiger partial charge in [-0.15, -0.1) is 0 Å². The molecule has 1 atom stereocenters. The molecule has 0 heterocycles. The van der Waals surface area contributed by atoms with Crippen molar-refractivity contribution >= 4 is 0 Å². The summed E-state index contributed by atoms with van der Waals surface area (Å²) in [6, 6.07) is 0.430. The van der Waals surface area contributed by atoms with Gasteiger partial charge >= 0.3 is 0 Å². The highest BCUT2D eigenvalue weighted by atomic mass is 16.5. The van der Waals surface area contributed by atoms with Crippen molar-refractivity contribution in [3.8, 4) is 0 Å². The maximum absolute atomic E-state index is 5.31. The molecule has 0 aromatic heterocycles. The number of methoxy groups -OCH3 is 2. The summed E-state index contributed by atoms with van der Waals surface area (Å²) in [4.78, 5) is 0. The average molecular weight is 189 g/mol. The molecule has 3 heteroatoms. The molecule has 0 saturated carbocycles. The van der Waals surface area contributed by atoms with Gasteiger partial charge in [0.1, 0.15) is 0 Å². The second-order valence-corrected chi connectivity index (χ2v) is 3.91. The number of hydrogen-bond acceptors (Lipinski definition) is 3. The Morgan fingerprint density at radius 2 is 1.92 bits per heavy atom. The molecule has 0 aromatic carbocycles. The van der Waals surface area contributed by atoms with Gasteiger partial charge in [0.05, 0.1) is 12.2 Å². The van der Waals surface area contributed by atoms with E-state index in [1.165, 1.54) is 0 Å². The summed E-state index contributed by atoms with van der Waals surface area (Å²) in [5.74, 6) is 0. The van der Waals surface area contributed by atoms with Gasteiger partial charge in [-0.2, -0.15) is 0 Å². The molecule has 0 amide bonds. The largest absolute Gasteiger partial charge is 0.383 e. The molecule has 0 aliphatic rings. The van der Waals surface area contributed by atoms with Crippen molar-refractivity contribution in [1.82, 2.24) is 5.32 Å². The summed E-state index contributed by atoms with van der Waals surface area (Å²) < 4.78 is 10.4. The van der Waals surface area contributed by atoms with Gasteiger partial charge in [0, 0.05) is 26.8 Å². The molecular formula is C10H23NO2. The SMILES string of the molecule is CCC(COC)NCC(C)(C)OC. The highest BCUT2D eigenvalue weighted by Crippen LogP contribution is 2.05. The molecule has 0 aliphatic carbocycles. The fraction of sp³-hybridized carbons (Fsp3) is 1.00. The lowest BCUT2D eigenvalue weighted by Gasteiger charge is -2.26. The molecule has 1 N–H and O–H groups in total. The van der Waals surface area contributed by atoms with E-state index in [4.69, 9.17) is 9.47 Å². The van der Waals surface area contributed by atoms with Crippen LogP contribution < -0.4 is 5.32 Å². The van der Waals surface area contributed by atoms with Gasteiger partial charge in [-0.25, -0.2) is 0 Å². The van der Waals surface area contributed by atoms with Crippen LogP contribution in [0, 0.1) is 0 Å². The van der Waals surface area contributed by atoms with Gasteiger partial charge in [-0.05, 0) is 20.3 Å². The molecule has 0 radical (unpaired) electrons. The molecule has 0 aromatic rings. The minimum atomic E-state index is -0.0961. The second kappa shape index (κ2) is 6.35. The van der Waals surface area contributed by atoms with E-state index in [0.717, 1.165) is 19.6 Å². The second-order valence-electron chi connectivity index (χ2n) is 3.91. The van der Waals surface area contributed by atoms with Crippen LogP contribution in [0.2, 0.25) is 0 Å². The first-order chi connectivity index (χ1) is 6.05. The normalized spacial score (nSPS) is 14.5. The predicted octanol–water partition coefficient (Wildman–Crippen LogP) is 1.43. The van der Waals surface area contributed by atoms with E-state index < -0.39 is 0 Å². The minimum absolute atomic E-state index is 0.0961. The standard InChI is InChI=1S/C10H23NO2/c1-6-9(7-12-4)11-8-10(2,3)13-5/h9,11H,6-8H2,1-5H3. The number of ether oxygens (including phenoxy) is 2. The van der Waals surface area contributed by atoms with Crippen molar-refractivity contribution in [2.45, 2.75) is 38.8 Å². The van der Waals surface area contributed by atoms with E-state index >= 15 is 0 Å². The van der Waals surface area contributed by atoms with Crippen LogP contribution in [0.1, 0.15) is 27.2 Å². The quantitative estimate of drug-likeness (QED) is 0.657. The van der Waals surface area contributed by atoms with E-state index in [1.54, 1.807) is 14.2 Å². The molecule has 0 bridgehead atoms. The molecule has 80 valence electrons. The van der Waals surface area contributed by atoms with Crippen LogP contribution in [-0.2, 0) is 9.47 Å². The molecule has 0 aliphatic heterocycles. The fourth-order valence-corrected chi connectivity index (χ4v) is 0.985. The van der Waals surface area contributed by atoms with Crippen molar-refractivity contribution in [2.75, 3.05) is 27.4 Å². The predicted molar refractivity (Wildman–Crippen MR) is 55.0 cm³/mol. The van der Waals surface area contributed by atoms with Crippen molar-refractivity contribution in [3.63, 3.8) is 0 Å². The smallest absolute Gasteiger partial charge is 0.0746 e. The maximum Gasteiger partial charge on any atom is 0.0746 e. The van der Waals surface area contributed by atoms with Crippen LogP contribution in [0.25, 0.3) is 0 Å². The van der Waals surface area contributed by atoms with Crippen LogP contribution in [0.5, 0.6) is 0 Å². The Kier molecular flexibility index (Phi) is 6.29. The number of hydrogen-bond donors (Lipinski definition) is 1. The molecular weight excluding hydrogens is 166 g/mol. The van der Waals surface area contributed by atoms with Crippen molar-refractivity contribution in [2.24, 2.45) is 0 Å². The molecule has 3 nitrogen and oxygen atoms in total. The lowest BCUT2D eigenvalue weighted by Crippen LogP contribution is -2.43. The molecule has 0 rings (SSSR count). The third-order valence-corrected chi connectivity index (χ3v) is 2.23. The minimum Gasteiger partial charge on any atom is -0.383 e. The van der Waals surface area contributed by atoms with Crippen LogP contribution in [-0.4, -0.2) is 39.0 Å². The van der Waals surface area contributed by atoms with Crippen molar-refractivity contribution in [1.29, 1.82) is 0 Å². The lowest BCUT2D eigenvalue weighted by atomic mass is 10.1. The van der Waals surface area contributed by atoms with E-state index in [-0.39, 0.29) is 5.60 Å². The first-order valence-corrected chi connectivity index (χ1v) is 4.83. The van der Waals surface area contributed by atoms with Gasteiger partial charge in [-0.3, -0.25) is 0 Å². The monoisotopic (exact) mass is 189 g/mol. The molecule has 0 saturated heterocycles. The topological polar surface area (TPSA) is 30.5 Å². The van der Waals surface area contributed by atoms with Gasteiger partial charge < -0.3 is 14.8 Å². The number of nitrogens with one attached hydrogen (secondary N) is 1. The van der Waals surface area contributed by atoms with Crippen LogP contribution >= 0.6 is 0 Å². The summed E-state index contributed by atoms with van der Waals surface area (Å²) >= 11 is 0. The summed E-state index contributed by atoms with van der Waals surface area (Å²) in [5, 5.41) is 3.41. The van der Waals surface area contributed by atoms with Crippen molar-refractivity contribution < 1.29 is 9.47 Å². The Morgan fingerprint density at radius 3 is 2.31 bits per heavy atom. The first-order valence-electron chi connectivity index (χ1n) is 4.83. The summed E-state index contributed by atoms with van der Waals surface area (Å²) in [5.41, 5.74) is -0.0961. The first kappa shape index (κ1) is 12.9. The zero-order chi connectivity index (χ0) is 10.3. The van der Waals surface area contributed by atoms with Crippen LogP contribution in [0.3, 0.4) is 0 Å². The Hall–Kier alpha value is -0.120. The molecule has 0 fully saturated rings. The summed E-state index contributed by atoms with van der Waals surface area (Å²) in [7, 11) is 3.46. The third-order valence-electron chi connectivity index (χ3n) is 2.23. The van der Waals surface area contributed by atoms with E-state index in [2.05, 4.69) is 26.1 Å². The van der Waals surface area contributed by atoms with Gasteiger partial charge in [-0.1, -0.05) is 6.92 Å². The van der Waals surface area contributed by atoms with Gasteiger partial charge in [0.25, 0.3) is 0 Å². The molecule has 1 unspecified atom stereocenters. The molecule has 13 heavy (non-hydrogen) atoms. The summed E-state index contributed by atoms with van der Waals surface area (Å²) in [6.45, 7) is 7.90. The average Bonchev–Trinajstić information content (AvgIpc) is 2.12. The number of rotatable bonds is 7. The Bertz CT molecular complexity index is 126. The highest BCUT2D eigenvalue weighted by Gasteiger charge is 2.17. The third kappa shape index (κ3) is 6.02. The van der Waals surface area contributed by atoms with Gasteiger partial charge in [0.15, 0.2) is 0 Å². The Morgan fingerprint density at radius 1 is 1.31 bits per heavy atom. The zero-order valence-corrected chi connectivity index (χ0v) is 9.52. The van der Waals surface area contributed by atoms with Crippen LogP contribution in [0.15, 0.2) is 0 Å². The maximum atomic E-state index is 5.31. The summed E-state index contributed by atoms with van der Waals surface area (Å²) in [6.07, 6.45) is 1.08. The van der Waals surface area contributed by atoms with Crippen molar-refractivity contribution in [3.05, 3.63) is 0 Å².